The van der Waals surface area contributed by atoms with Crippen LogP contribution in [-0.2, 0) is 22.5 Å². The molecule has 0 radical (unpaired) electrons. The van der Waals surface area contributed by atoms with E-state index in [0.29, 0.717) is 17.0 Å². The van der Waals surface area contributed by atoms with Gasteiger partial charge >= 0.3 is 5.97 Å². The van der Waals surface area contributed by atoms with Gasteiger partial charge in [0, 0.05) is 12.3 Å². The van der Waals surface area contributed by atoms with Crippen LogP contribution < -0.4 is 9.54 Å². The van der Waals surface area contributed by atoms with Crippen LogP contribution in [-0.4, -0.2) is 42.2 Å². The molecule has 0 saturated heterocycles. The number of amides is 1. The molecule has 2 aromatic carbocycles. The number of ether oxygens (including phenoxy) is 2. The highest BCUT2D eigenvalue weighted by Gasteiger charge is 2.13. The number of esters is 1. The molecule has 1 heterocycles. The normalized spacial score (nSPS) is 11.7. The van der Waals surface area contributed by atoms with Crippen LogP contribution >= 0.6 is 23.1 Å². The van der Waals surface area contributed by atoms with Crippen molar-refractivity contribution in [1.82, 2.24) is 4.57 Å². The van der Waals surface area contributed by atoms with E-state index in [4.69, 9.17) is 9.47 Å². The Morgan fingerprint density at radius 2 is 2.00 bits per heavy atom. The van der Waals surface area contributed by atoms with Crippen molar-refractivity contribution in [2.45, 2.75) is 26.8 Å². The number of hydrogen-bond acceptors (Lipinski definition) is 6. The lowest BCUT2D eigenvalue weighted by Crippen LogP contribution is -2.18. The Bertz CT molecular complexity index is 1160. The largest absolute Gasteiger partial charge is 0.496 e. The predicted molar refractivity (Wildman–Crippen MR) is 126 cm³/mol. The molecule has 3 aromatic rings. The predicted octanol–water partition coefficient (Wildman–Crippen LogP) is 4.23. The van der Waals surface area contributed by atoms with E-state index in [1.165, 1.54) is 11.3 Å². The molecule has 0 aliphatic heterocycles. The van der Waals surface area contributed by atoms with Gasteiger partial charge < -0.3 is 14.0 Å². The first kappa shape index (κ1) is 23.1. The van der Waals surface area contributed by atoms with Gasteiger partial charge in [-0.05, 0) is 55.5 Å². The summed E-state index contributed by atoms with van der Waals surface area (Å²) >= 11 is 3.14. The zero-order valence-corrected chi connectivity index (χ0v) is 19.8. The molecule has 164 valence electrons. The van der Waals surface area contributed by atoms with Crippen LogP contribution in [0.1, 0.15) is 28.4 Å². The Morgan fingerprint density at radius 1 is 1.19 bits per heavy atom. The van der Waals surface area contributed by atoms with Gasteiger partial charge in [0.25, 0.3) is 5.91 Å². The quantitative estimate of drug-likeness (QED) is 0.473. The first-order valence-electron chi connectivity index (χ1n) is 9.97. The van der Waals surface area contributed by atoms with Gasteiger partial charge in [-0.1, -0.05) is 23.5 Å². The third kappa shape index (κ3) is 5.57. The lowest BCUT2D eigenvalue weighted by atomic mass is 10.1. The molecule has 8 heteroatoms. The first-order chi connectivity index (χ1) is 15.0. The van der Waals surface area contributed by atoms with Gasteiger partial charge in [-0.25, -0.2) is 4.79 Å². The van der Waals surface area contributed by atoms with Gasteiger partial charge in [-0.2, -0.15) is 16.8 Å². The minimum absolute atomic E-state index is 0.209. The van der Waals surface area contributed by atoms with E-state index in [2.05, 4.69) is 4.99 Å². The maximum Gasteiger partial charge on any atom is 0.338 e. The average Bonchev–Trinajstić information content (AvgIpc) is 3.08. The topological polar surface area (TPSA) is 69.9 Å². The van der Waals surface area contributed by atoms with Gasteiger partial charge in [0.05, 0.1) is 35.9 Å². The van der Waals surface area contributed by atoms with Crippen molar-refractivity contribution in [3.63, 3.8) is 0 Å². The fourth-order valence-corrected chi connectivity index (χ4v) is 4.75. The SMILES string of the molecule is CCOC(=O)c1ccc2c(c1)sc(=NC(=O)Cc1ccc(OC)c(C)c1)n2CCSC. The summed E-state index contributed by atoms with van der Waals surface area (Å²) in [4.78, 5) is 29.9. The van der Waals surface area contributed by atoms with Crippen molar-refractivity contribution in [1.29, 1.82) is 0 Å². The standard InChI is InChI=1S/C23H26N2O4S2/c1-5-29-22(27)17-7-8-18-20(14-17)31-23(25(18)10-11-30-4)24-21(26)13-16-6-9-19(28-3)15(2)12-16/h6-9,12,14H,5,10-11,13H2,1-4H3. The fraction of sp³-hybridized carbons (Fsp3) is 0.348. The number of thioether (sulfide) groups is 1. The minimum atomic E-state index is -0.349. The lowest BCUT2D eigenvalue weighted by Gasteiger charge is -2.06. The van der Waals surface area contributed by atoms with Gasteiger partial charge in [0.15, 0.2) is 4.80 Å². The molecule has 0 N–H and O–H groups in total. The Morgan fingerprint density at radius 3 is 2.68 bits per heavy atom. The number of carbonyl (C=O) groups is 2. The van der Waals surface area contributed by atoms with Gasteiger partial charge in [-0.15, -0.1) is 0 Å². The van der Waals surface area contributed by atoms with Crippen LogP contribution in [0.15, 0.2) is 41.4 Å². The van der Waals surface area contributed by atoms with Gasteiger partial charge in [-0.3, -0.25) is 4.79 Å². The number of nitrogens with zero attached hydrogens (tertiary/aromatic N) is 2. The zero-order valence-electron chi connectivity index (χ0n) is 18.1. The first-order valence-corrected chi connectivity index (χ1v) is 12.2. The molecule has 0 atom stereocenters. The summed E-state index contributed by atoms with van der Waals surface area (Å²) in [6.07, 6.45) is 2.26. The summed E-state index contributed by atoms with van der Waals surface area (Å²) in [6, 6.07) is 11.2. The average molecular weight is 459 g/mol. The maximum absolute atomic E-state index is 12.7. The highest BCUT2D eigenvalue weighted by molar-refractivity contribution is 7.98. The smallest absolute Gasteiger partial charge is 0.338 e. The Kier molecular flexibility index (Phi) is 7.92. The van der Waals surface area contributed by atoms with Crippen molar-refractivity contribution in [3.8, 4) is 5.75 Å². The molecule has 0 bridgehead atoms. The minimum Gasteiger partial charge on any atom is -0.496 e. The molecule has 0 aliphatic carbocycles. The monoisotopic (exact) mass is 458 g/mol. The van der Waals surface area contributed by atoms with Crippen molar-refractivity contribution < 1.29 is 19.1 Å². The lowest BCUT2D eigenvalue weighted by molar-refractivity contribution is -0.117. The number of aryl methyl sites for hydroxylation is 2. The highest BCUT2D eigenvalue weighted by Crippen LogP contribution is 2.21. The molecular weight excluding hydrogens is 432 g/mol. The summed E-state index contributed by atoms with van der Waals surface area (Å²) in [7, 11) is 1.63. The summed E-state index contributed by atoms with van der Waals surface area (Å²) in [6.45, 7) is 4.79. The molecule has 6 nitrogen and oxygen atoms in total. The van der Waals surface area contributed by atoms with Gasteiger partial charge in [0.1, 0.15) is 5.75 Å². The van der Waals surface area contributed by atoms with Crippen molar-refractivity contribution in [2.75, 3.05) is 25.7 Å². The molecule has 0 fully saturated rings. The second-order valence-electron chi connectivity index (χ2n) is 6.92. The number of benzene rings is 2. The number of hydrogen-bond donors (Lipinski definition) is 0. The third-order valence-corrected chi connectivity index (χ3v) is 6.38. The third-order valence-electron chi connectivity index (χ3n) is 4.75. The van der Waals surface area contributed by atoms with E-state index < -0.39 is 0 Å². The highest BCUT2D eigenvalue weighted by atomic mass is 32.2. The zero-order chi connectivity index (χ0) is 22.4. The van der Waals surface area contributed by atoms with Gasteiger partial charge in [0.2, 0.25) is 0 Å². The Hall–Kier alpha value is -2.58. The number of fused-ring (bicyclic) bond motifs is 1. The van der Waals surface area contributed by atoms with E-state index in [0.717, 1.165) is 39.4 Å². The van der Waals surface area contributed by atoms with Crippen molar-refractivity contribution in [3.05, 3.63) is 57.9 Å². The molecule has 0 aliphatic rings. The van der Waals surface area contributed by atoms with Crippen LogP contribution in [0.5, 0.6) is 5.75 Å². The molecule has 1 aromatic heterocycles. The number of methoxy groups -OCH3 is 1. The fourth-order valence-electron chi connectivity index (χ4n) is 3.27. The number of aromatic nitrogens is 1. The number of rotatable bonds is 8. The van der Waals surface area contributed by atoms with Crippen LogP contribution in [0, 0.1) is 6.92 Å². The van der Waals surface area contributed by atoms with Crippen LogP contribution in [0.4, 0.5) is 0 Å². The summed E-state index contributed by atoms with van der Waals surface area (Å²) in [5.74, 6) is 1.13. The summed E-state index contributed by atoms with van der Waals surface area (Å²) < 4.78 is 13.3. The summed E-state index contributed by atoms with van der Waals surface area (Å²) in [5.41, 5.74) is 3.34. The van der Waals surface area contributed by atoms with E-state index >= 15 is 0 Å². The Labute approximate surface area is 189 Å². The van der Waals surface area contributed by atoms with Crippen LogP contribution in [0.3, 0.4) is 0 Å². The second-order valence-corrected chi connectivity index (χ2v) is 8.91. The molecule has 0 spiro atoms. The van der Waals surface area contributed by atoms with E-state index in [9.17, 15) is 9.59 Å². The van der Waals surface area contributed by atoms with E-state index in [-0.39, 0.29) is 18.3 Å². The van der Waals surface area contributed by atoms with Crippen molar-refractivity contribution >= 4 is 45.2 Å². The number of thiazole rings is 1. The molecule has 0 unspecified atom stereocenters. The molecule has 31 heavy (non-hydrogen) atoms. The molecular formula is C23H26N2O4S2. The molecule has 1 amide bonds. The summed E-state index contributed by atoms with van der Waals surface area (Å²) in [5, 5.41) is 0. The maximum atomic E-state index is 12.7. The number of carbonyl (C=O) groups excluding carboxylic acids is 2. The van der Waals surface area contributed by atoms with E-state index in [1.54, 1.807) is 31.9 Å². The van der Waals surface area contributed by atoms with Crippen LogP contribution in [0.2, 0.25) is 0 Å². The van der Waals surface area contributed by atoms with E-state index in [1.807, 2.05) is 48.1 Å². The van der Waals surface area contributed by atoms with Crippen LogP contribution in [0.25, 0.3) is 10.2 Å². The van der Waals surface area contributed by atoms with Crippen molar-refractivity contribution in [2.24, 2.45) is 4.99 Å². The molecule has 3 rings (SSSR count). The second kappa shape index (κ2) is 10.6. The molecule has 0 saturated carbocycles. The Balaban J connectivity index is 1.96.